The fraction of sp³-hybridized carbons (Fsp3) is 0.233. The molecule has 4 heterocycles. The quantitative estimate of drug-likeness (QED) is 0.201. The Labute approximate surface area is 245 Å². The van der Waals surface area contributed by atoms with E-state index in [1.165, 1.54) is 25.8 Å². The summed E-state index contributed by atoms with van der Waals surface area (Å²) < 4.78 is 33.6. The van der Waals surface area contributed by atoms with Crippen LogP contribution in [0.4, 0.5) is 21.6 Å². The fourth-order valence-electron chi connectivity index (χ4n) is 4.90. The number of nitrogens with one attached hydrogen (secondary N) is 3. The van der Waals surface area contributed by atoms with Crippen LogP contribution in [0, 0.1) is 6.92 Å². The van der Waals surface area contributed by atoms with Gasteiger partial charge < -0.3 is 30.2 Å². The van der Waals surface area contributed by atoms with Gasteiger partial charge >= 0.3 is 0 Å². The van der Waals surface area contributed by atoms with Crippen molar-refractivity contribution in [3.05, 3.63) is 72.7 Å². The molecule has 1 saturated heterocycles. The molecule has 1 atom stereocenters. The molecule has 220 valence electrons. The van der Waals surface area contributed by atoms with Crippen LogP contribution in [0.5, 0.6) is 23.0 Å². The number of aryl methyl sites for hydroxylation is 1. The van der Waals surface area contributed by atoms with Gasteiger partial charge in [0.05, 0.1) is 31.1 Å². The maximum Gasteiger partial charge on any atom is 0.284 e. The van der Waals surface area contributed by atoms with Gasteiger partial charge in [-0.05, 0) is 56.1 Å². The van der Waals surface area contributed by atoms with E-state index in [4.69, 9.17) is 14.2 Å². The predicted octanol–water partition coefficient (Wildman–Crippen LogP) is 5.08. The van der Waals surface area contributed by atoms with Crippen molar-refractivity contribution in [2.24, 2.45) is 0 Å². The summed E-state index contributed by atoms with van der Waals surface area (Å²) in [6, 6.07) is 10.4. The zero-order chi connectivity index (χ0) is 29.9. The van der Waals surface area contributed by atoms with Gasteiger partial charge in [-0.25, -0.2) is 23.9 Å². The Morgan fingerprint density at radius 1 is 1.05 bits per heavy atom. The third-order valence-electron chi connectivity index (χ3n) is 7.10. The molecule has 13 heteroatoms. The number of hydrogen-bond donors (Lipinski definition) is 3. The zero-order valence-corrected chi connectivity index (χ0v) is 23.7. The van der Waals surface area contributed by atoms with E-state index in [0.717, 1.165) is 24.9 Å². The Hall–Kier alpha value is -5.30. The Morgan fingerprint density at radius 3 is 2.67 bits per heavy atom. The first kappa shape index (κ1) is 27.8. The number of methoxy groups -OCH3 is 2. The number of fused-ring (bicyclic) bond motifs is 2. The molecule has 1 aliphatic rings. The Balaban J connectivity index is 1.29. The third-order valence-corrected chi connectivity index (χ3v) is 7.10. The normalized spacial score (nSPS) is 15.1. The van der Waals surface area contributed by atoms with Gasteiger partial charge in [-0.3, -0.25) is 4.79 Å². The van der Waals surface area contributed by atoms with Gasteiger partial charge in [-0.1, -0.05) is 0 Å². The monoisotopic (exact) mass is 584 g/mol. The number of benzene rings is 2. The average molecular weight is 585 g/mol. The second-order valence-corrected chi connectivity index (χ2v) is 9.93. The molecule has 0 aliphatic carbocycles. The van der Waals surface area contributed by atoms with Crippen molar-refractivity contribution in [1.29, 1.82) is 0 Å². The summed E-state index contributed by atoms with van der Waals surface area (Å²) in [5.74, 6) is 0.737. The number of hydrogen-bond acceptors (Lipinski definition) is 10. The number of amides is 1. The van der Waals surface area contributed by atoms with Crippen molar-refractivity contribution in [3.63, 3.8) is 0 Å². The number of anilines is 3. The Kier molecular flexibility index (Phi) is 7.71. The van der Waals surface area contributed by atoms with Crippen molar-refractivity contribution in [1.82, 2.24) is 29.9 Å². The van der Waals surface area contributed by atoms with Crippen LogP contribution in [0.3, 0.4) is 0 Å². The van der Waals surface area contributed by atoms with Crippen molar-refractivity contribution in [2.75, 3.05) is 31.4 Å². The van der Waals surface area contributed by atoms with Crippen molar-refractivity contribution < 1.29 is 23.4 Å². The van der Waals surface area contributed by atoms with E-state index in [1.807, 2.05) is 13.0 Å². The molecule has 1 unspecified atom stereocenters. The number of carbonyl (C=O) groups excluding carboxylic acids is 1. The number of carbonyl (C=O) groups is 1. The van der Waals surface area contributed by atoms with Crippen LogP contribution < -0.4 is 30.2 Å². The molecule has 5 aromatic rings. The molecule has 1 aliphatic heterocycles. The SMILES string of the molecule is COc1cc2ncnc(Nc3cc(C)c(Oc4ccn5ncnc5c4)cc3OC)c2cc1NC(=O)/C(F)=C/C1CCCN1. The lowest BCUT2D eigenvalue weighted by molar-refractivity contribution is -0.114. The maximum atomic E-state index is 14.7. The van der Waals surface area contributed by atoms with Crippen molar-refractivity contribution >= 4 is 39.6 Å². The number of pyridine rings is 1. The van der Waals surface area contributed by atoms with E-state index in [0.29, 0.717) is 51.1 Å². The summed E-state index contributed by atoms with van der Waals surface area (Å²) in [6.45, 7) is 2.71. The molecule has 6 rings (SSSR count). The van der Waals surface area contributed by atoms with Crippen LogP contribution in [0.15, 0.2) is 67.2 Å². The molecule has 43 heavy (non-hydrogen) atoms. The first-order valence-corrected chi connectivity index (χ1v) is 13.6. The van der Waals surface area contributed by atoms with Crippen molar-refractivity contribution in [2.45, 2.75) is 25.8 Å². The largest absolute Gasteiger partial charge is 0.494 e. The van der Waals surface area contributed by atoms with E-state index < -0.39 is 11.7 Å². The minimum atomic E-state index is -0.867. The molecule has 1 amide bonds. The van der Waals surface area contributed by atoms with Crippen molar-refractivity contribution in [3.8, 4) is 23.0 Å². The molecule has 0 radical (unpaired) electrons. The Morgan fingerprint density at radius 2 is 1.88 bits per heavy atom. The van der Waals surface area contributed by atoms with Gasteiger partial charge in [-0.15, -0.1) is 0 Å². The maximum absolute atomic E-state index is 14.7. The molecule has 3 N–H and O–H groups in total. The minimum Gasteiger partial charge on any atom is -0.494 e. The molecule has 0 bridgehead atoms. The van der Waals surface area contributed by atoms with Crippen LogP contribution >= 0.6 is 0 Å². The number of nitrogens with zero attached hydrogens (tertiary/aromatic N) is 5. The summed E-state index contributed by atoms with van der Waals surface area (Å²) in [6.07, 6.45) is 7.68. The number of rotatable bonds is 9. The van der Waals surface area contributed by atoms with E-state index in [2.05, 4.69) is 36.0 Å². The molecule has 2 aromatic carbocycles. The Bertz CT molecular complexity index is 1850. The molecule has 3 aromatic heterocycles. The van der Waals surface area contributed by atoms with E-state index in [-0.39, 0.29) is 11.7 Å². The molecular weight excluding hydrogens is 555 g/mol. The summed E-state index contributed by atoms with van der Waals surface area (Å²) in [4.78, 5) is 25.7. The predicted molar refractivity (Wildman–Crippen MR) is 159 cm³/mol. The average Bonchev–Trinajstić information content (AvgIpc) is 3.70. The van der Waals surface area contributed by atoms with Gasteiger partial charge in [-0.2, -0.15) is 5.10 Å². The number of ether oxygens (including phenoxy) is 3. The summed E-state index contributed by atoms with van der Waals surface area (Å²) in [5.41, 5.74) is 2.94. The van der Waals surface area contributed by atoms with E-state index >= 15 is 0 Å². The fourth-order valence-corrected chi connectivity index (χ4v) is 4.90. The highest BCUT2D eigenvalue weighted by atomic mass is 19.1. The van der Waals surface area contributed by atoms with E-state index in [9.17, 15) is 9.18 Å². The smallest absolute Gasteiger partial charge is 0.284 e. The first-order valence-electron chi connectivity index (χ1n) is 13.6. The van der Waals surface area contributed by atoms with Crippen LogP contribution in [0.2, 0.25) is 0 Å². The topological polar surface area (TPSA) is 137 Å². The lowest BCUT2D eigenvalue weighted by atomic mass is 10.1. The summed E-state index contributed by atoms with van der Waals surface area (Å²) in [7, 11) is 3.02. The van der Waals surface area contributed by atoms with Crippen LogP contribution in [0.25, 0.3) is 16.6 Å². The standard InChI is InChI=1S/C30H29FN8O4/c1-17-9-23(27(42-3)14-25(17)43-19-6-8-39-28(11-19)34-16-36-39)37-29-20-12-24(26(41-2)13-22(20)33-15-35-29)38-30(40)21(31)10-18-5-4-7-32-18/h6,8-16,18,32H,4-5,7H2,1-3H3,(H,38,40)(H,33,35,37)/b21-10-. The van der Waals surface area contributed by atoms with Gasteiger partial charge in [0.1, 0.15) is 41.5 Å². The lowest BCUT2D eigenvalue weighted by Crippen LogP contribution is -2.21. The highest BCUT2D eigenvalue weighted by Crippen LogP contribution is 2.39. The van der Waals surface area contributed by atoms with Crippen LogP contribution in [-0.2, 0) is 4.79 Å². The second kappa shape index (κ2) is 11.9. The number of halogens is 1. The van der Waals surface area contributed by atoms with Gasteiger partial charge in [0.25, 0.3) is 5.91 Å². The van der Waals surface area contributed by atoms with E-state index in [1.54, 1.807) is 48.2 Å². The number of aromatic nitrogens is 5. The molecule has 0 spiro atoms. The van der Waals surface area contributed by atoms with Gasteiger partial charge in [0, 0.05) is 35.8 Å². The molecule has 1 fully saturated rings. The van der Waals surface area contributed by atoms with Crippen LogP contribution in [-0.4, -0.2) is 57.3 Å². The zero-order valence-electron chi connectivity index (χ0n) is 23.7. The van der Waals surface area contributed by atoms with Gasteiger partial charge in [0.15, 0.2) is 11.5 Å². The second-order valence-electron chi connectivity index (χ2n) is 9.93. The van der Waals surface area contributed by atoms with Gasteiger partial charge in [0.2, 0.25) is 0 Å². The summed E-state index contributed by atoms with van der Waals surface area (Å²) in [5, 5.41) is 13.8. The minimum absolute atomic E-state index is 0.166. The highest BCUT2D eigenvalue weighted by Gasteiger charge is 2.19. The molecule has 12 nitrogen and oxygen atoms in total. The van der Waals surface area contributed by atoms with Crippen LogP contribution in [0.1, 0.15) is 18.4 Å². The first-order chi connectivity index (χ1) is 20.9. The highest BCUT2D eigenvalue weighted by molar-refractivity contribution is 6.05. The third kappa shape index (κ3) is 5.88. The molecule has 0 saturated carbocycles. The molecular formula is C30H29FN8O4. The summed E-state index contributed by atoms with van der Waals surface area (Å²) >= 11 is 0. The lowest BCUT2D eigenvalue weighted by Gasteiger charge is -2.17.